The molecule has 0 aliphatic rings. The van der Waals surface area contributed by atoms with Gasteiger partial charge in [-0.2, -0.15) is 0 Å². The third-order valence-electron chi connectivity index (χ3n) is 1.79. The van der Waals surface area contributed by atoms with Crippen LogP contribution in [0.4, 0.5) is 0 Å². The highest BCUT2D eigenvalue weighted by molar-refractivity contribution is 5.79. The summed E-state index contributed by atoms with van der Waals surface area (Å²) in [6, 6.07) is 5.28. The Hall–Kier alpha value is -1.75. The Balaban J connectivity index is 0.000000921. The fourth-order valence-electron chi connectivity index (χ4n) is 1.18. The van der Waals surface area contributed by atoms with Crippen molar-refractivity contribution in [3.8, 4) is 18.1 Å². The van der Waals surface area contributed by atoms with Gasteiger partial charge in [-0.25, -0.2) is 0 Å². The molecule has 0 unspecified atom stereocenters. The quantitative estimate of drug-likeness (QED) is 0.559. The Morgan fingerprint density at radius 2 is 2.13 bits per heavy atom. The van der Waals surface area contributed by atoms with Crippen LogP contribution < -0.4 is 4.74 Å². The Morgan fingerprint density at radius 1 is 1.47 bits per heavy atom. The first-order valence-corrected chi connectivity index (χ1v) is 4.88. The molecule has 0 aromatic heterocycles. The largest absolute Gasteiger partial charge is 0.496 e. The van der Waals surface area contributed by atoms with Gasteiger partial charge in [0.25, 0.3) is 0 Å². The summed E-state index contributed by atoms with van der Waals surface area (Å²) in [5.74, 6) is 3.16. The number of carbonyl (C=O) groups excluding carboxylic acids is 1. The van der Waals surface area contributed by atoms with Gasteiger partial charge in [-0.05, 0) is 6.07 Å². The molecule has 0 saturated heterocycles. The fraction of sp³-hybridized carbons (Fsp3) is 0.308. The van der Waals surface area contributed by atoms with Gasteiger partial charge in [-0.3, -0.25) is 4.79 Å². The minimum atomic E-state index is 0.415. The SMILES string of the molecule is C#CCc1c(C=O)cccc1OC.CC. The number of benzene rings is 1. The van der Waals surface area contributed by atoms with Gasteiger partial charge in [0.2, 0.25) is 0 Å². The van der Waals surface area contributed by atoms with Gasteiger partial charge in [-0.1, -0.05) is 26.0 Å². The molecule has 1 aromatic carbocycles. The summed E-state index contributed by atoms with van der Waals surface area (Å²) in [7, 11) is 1.56. The summed E-state index contributed by atoms with van der Waals surface area (Å²) in [5, 5.41) is 0. The van der Waals surface area contributed by atoms with Crippen LogP contribution in [0.2, 0.25) is 0 Å². The summed E-state index contributed by atoms with van der Waals surface area (Å²) in [6.45, 7) is 4.00. The van der Waals surface area contributed by atoms with E-state index in [4.69, 9.17) is 11.2 Å². The van der Waals surface area contributed by atoms with E-state index in [9.17, 15) is 4.79 Å². The van der Waals surface area contributed by atoms with Crippen molar-refractivity contribution >= 4 is 6.29 Å². The van der Waals surface area contributed by atoms with Crippen molar-refractivity contribution in [2.75, 3.05) is 7.11 Å². The highest BCUT2D eigenvalue weighted by Gasteiger charge is 2.05. The molecular formula is C13H16O2. The van der Waals surface area contributed by atoms with E-state index in [0.29, 0.717) is 17.7 Å². The average molecular weight is 204 g/mol. The van der Waals surface area contributed by atoms with Crippen LogP contribution >= 0.6 is 0 Å². The molecule has 80 valence electrons. The van der Waals surface area contributed by atoms with Crippen LogP contribution in [0.3, 0.4) is 0 Å². The lowest BCUT2D eigenvalue weighted by Crippen LogP contribution is -1.96. The molecule has 0 heterocycles. The predicted molar refractivity (Wildman–Crippen MR) is 62.3 cm³/mol. The summed E-state index contributed by atoms with van der Waals surface area (Å²) >= 11 is 0. The number of ether oxygens (including phenoxy) is 1. The van der Waals surface area contributed by atoms with Gasteiger partial charge < -0.3 is 4.74 Å². The first-order chi connectivity index (χ1) is 7.33. The molecule has 0 aliphatic carbocycles. The second kappa shape index (κ2) is 7.64. The number of methoxy groups -OCH3 is 1. The summed E-state index contributed by atoms with van der Waals surface area (Å²) in [6.07, 6.45) is 6.39. The zero-order chi connectivity index (χ0) is 11.7. The molecule has 2 heteroatoms. The van der Waals surface area contributed by atoms with Crippen molar-refractivity contribution in [2.24, 2.45) is 0 Å². The Morgan fingerprint density at radius 3 is 2.60 bits per heavy atom. The normalized spacial score (nSPS) is 8.13. The van der Waals surface area contributed by atoms with E-state index in [2.05, 4.69) is 5.92 Å². The Labute approximate surface area is 91.3 Å². The van der Waals surface area contributed by atoms with Crippen LogP contribution in [0.5, 0.6) is 5.75 Å². The van der Waals surface area contributed by atoms with Crippen molar-refractivity contribution in [1.82, 2.24) is 0 Å². The zero-order valence-electron chi connectivity index (χ0n) is 9.41. The molecule has 0 saturated carbocycles. The molecule has 15 heavy (non-hydrogen) atoms. The van der Waals surface area contributed by atoms with Crippen molar-refractivity contribution < 1.29 is 9.53 Å². The van der Waals surface area contributed by atoms with Gasteiger partial charge in [-0.15, -0.1) is 12.3 Å². The lowest BCUT2D eigenvalue weighted by Gasteiger charge is -2.07. The number of aldehydes is 1. The first kappa shape index (κ1) is 13.2. The highest BCUT2D eigenvalue weighted by Crippen LogP contribution is 2.21. The topological polar surface area (TPSA) is 26.3 Å². The molecule has 0 bridgehead atoms. The van der Waals surface area contributed by atoms with E-state index < -0.39 is 0 Å². The van der Waals surface area contributed by atoms with Gasteiger partial charge >= 0.3 is 0 Å². The number of carbonyl (C=O) groups is 1. The van der Waals surface area contributed by atoms with Gasteiger partial charge in [0, 0.05) is 17.5 Å². The summed E-state index contributed by atoms with van der Waals surface area (Å²) in [4.78, 5) is 10.6. The van der Waals surface area contributed by atoms with Crippen LogP contribution in [0.15, 0.2) is 18.2 Å². The lowest BCUT2D eigenvalue weighted by atomic mass is 10.0. The maximum atomic E-state index is 10.6. The molecule has 1 aromatic rings. The second-order valence-corrected chi connectivity index (χ2v) is 2.53. The molecule has 0 amide bonds. The standard InChI is InChI=1S/C11H10O2.C2H6/c1-3-5-10-9(8-12)6-4-7-11(10)13-2;1-2/h1,4,6-8H,5H2,2H3;1-2H3. The molecule has 0 aliphatic heterocycles. The molecule has 0 fully saturated rings. The van der Waals surface area contributed by atoms with Gasteiger partial charge in [0.1, 0.15) is 12.0 Å². The monoisotopic (exact) mass is 204 g/mol. The van der Waals surface area contributed by atoms with Crippen molar-refractivity contribution in [3.05, 3.63) is 29.3 Å². The van der Waals surface area contributed by atoms with Crippen LogP contribution in [0.1, 0.15) is 29.8 Å². The maximum absolute atomic E-state index is 10.6. The van der Waals surface area contributed by atoms with E-state index in [1.807, 2.05) is 13.8 Å². The third-order valence-corrected chi connectivity index (χ3v) is 1.79. The minimum Gasteiger partial charge on any atom is -0.496 e. The first-order valence-electron chi connectivity index (χ1n) is 4.88. The minimum absolute atomic E-state index is 0.415. The molecular weight excluding hydrogens is 188 g/mol. The predicted octanol–water partition coefficient (Wildman–Crippen LogP) is 2.71. The average Bonchev–Trinajstić information content (AvgIpc) is 2.32. The van der Waals surface area contributed by atoms with Crippen LogP contribution in [-0.2, 0) is 6.42 Å². The Kier molecular flexibility index (Phi) is 6.74. The van der Waals surface area contributed by atoms with E-state index >= 15 is 0 Å². The van der Waals surface area contributed by atoms with Crippen molar-refractivity contribution in [1.29, 1.82) is 0 Å². The van der Waals surface area contributed by atoms with Gasteiger partial charge in [0.05, 0.1) is 7.11 Å². The smallest absolute Gasteiger partial charge is 0.150 e. The lowest BCUT2D eigenvalue weighted by molar-refractivity contribution is 0.112. The van der Waals surface area contributed by atoms with Crippen LogP contribution in [0, 0.1) is 12.3 Å². The maximum Gasteiger partial charge on any atom is 0.150 e. The number of hydrogen-bond donors (Lipinski definition) is 0. The van der Waals surface area contributed by atoms with Crippen LogP contribution in [-0.4, -0.2) is 13.4 Å². The van der Waals surface area contributed by atoms with E-state index in [-0.39, 0.29) is 0 Å². The molecule has 0 spiro atoms. The van der Waals surface area contributed by atoms with E-state index in [1.54, 1.807) is 25.3 Å². The molecule has 2 nitrogen and oxygen atoms in total. The fourth-order valence-corrected chi connectivity index (χ4v) is 1.18. The molecule has 0 N–H and O–H groups in total. The third kappa shape index (κ3) is 3.47. The van der Waals surface area contributed by atoms with E-state index in [0.717, 1.165) is 11.8 Å². The zero-order valence-corrected chi connectivity index (χ0v) is 9.41. The number of hydrogen-bond acceptors (Lipinski definition) is 2. The molecule has 1 rings (SSSR count). The summed E-state index contributed by atoms with van der Waals surface area (Å²) < 4.78 is 5.09. The number of terminal acetylenes is 1. The number of rotatable bonds is 3. The summed E-state index contributed by atoms with van der Waals surface area (Å²) in [5.41, 5.74) is 1.37. The Bertz CT molecular complexity index is 348. The van der Waals surface area contributed by atoms with Crippen molar-refractivity contribution in [3.63, 3.8) is 0 Å². The second-order valence-electron chi connectivity index (χ2n) is 2.53. The molecule has 0 radical (unpaired) electrons. The van der Waals surface area contributed by atoms with E-state index in [1.165, 1.54) is 0 Å². The molecule has 0 atom stereocenters. The van der Waals surface area contributed by atoms with Crippen LogP contribution in [0.25, 0.3) is 0 Å². The highest BCUT2D eigenvalue weighted by atomic mass is 16.5. The van der Waals surface area contributed by atoms with Gasteiger partial charge in [0.15, 0.2) is 0 Å². The van der Waals surface area contributed by atoms with Crippen molar-refractivity contribution in [2.45, 2.75) is 20.3 Å².